The van der Waals surface area contributed by atoms with Gasteiger partial charge in [0.1, 0.15) is 6.61 Å². The number of carbonyl (C=O) groups is 3. The van der Waals surface area contributed by atoms with Gasteiger partial charge in [-0.05, 0) is 44.1 Å². The molecule has 1 fully saturated rings. The number of hydrogen-bond donors (Lipinski definition) is 1. The molecule has 37 heavy (non-hydrogen) atoms. The van der Waals surface area contributed by atoms with Gasteiger partial charge in [-0.2, -0.15) is 0 Å². The number of nitrogens with zero attached hydrogens (tertiary/aromatic N) is 2. The summed E-state index contributed by atoms with van der Waals surface area (Å²) >= 11 is 0. The van der Waals surface area contributed by atoms with Crippen molar-refractivity contribution in [2.75, 3.05) is 19.8 Å². The molecule has 1 aromatic carbocycles. The summed E-state index contributed by atoms with van der Waals surface area (Å²) in [5, 5.41) is 0. The molecular weight excluding hydrogens is 474 g/mol. The summed E-state index contributed by atoms with van der Waals surface area (Å²) in [4.78, 5) is 43.2. The van der Waals surface area contributed by atoms with E-state index in [1.165, 1.54) is 4.90 Å². The van der Waals surface area contributed by atoms with Gasteiger partial charge >= 0.3 is 12.0 Å². The van der Waals surface area contributed by atoms with Crippen LogP contribution < -0.4 is 5.73 Å². The Kier molecular flexibility index (Phi) is 12.5. The van der Waals surface area contributed by atoms with Crippen molar-refractivity contribution < 1.29 is 28.6 Å². The molecule has 0 aliphatic carbocycles. The lowest BCUT2D eigenvalue weighted by atomic mass is 9.98. The second kappa shape index (κ2) is 15.1. The van der Waals surface area contributed by atoms with Gasteiger partial charge in [-0.25, -0.2) is 4.79 Å². The van der Waals surface area contributed by atoms with Crippen LogP contribution in [-0.4, -0.2) is 71.9 Å². The van der Waals surface area contributed by atoms with E-state index in [0.717, 1.165) is 12.0 Å². The number of rotatable bonds is 13. The van der Waals surface area contributed by atoms with Crippen molar-refractivity contribution in [2.24, 2.45) is 17.6 Å². The number of ether oxygens (including phenoxy) is 3. The lowest BCUT2D eigenvalue weighted by molar-refractivity contribution is -0.183. The molecule has 0 radical (unpaired) electrons. The topological polar surface area (TPSA) is 111 Å². The van der Waals surface area contributed by atoms with Crippen LogP contribution in [0.1, 0.15) is 66.4 Å². The van der Waals surface area contributed by atoms with Crippen molar-refractivity contribution in [3.05, 3.63) is 35.9 Å². The van der Waals surface area contributed by atoms with E-state index >= 15 is 0 Å². The molecule has 0 aromatic heterocycles. The Labute approximate surface area is 221 Å². The van der Waals surface area contributed by atoms with E-state index in [0.29, 0.717) is 26.2 Å². The Morgan fingerprint density at radius 1 is 1.03 bits per heavy atom. The third-order valence-electron chi connectivity index (χ3n) is 6.64. The molecule has 0 saturated carbocycles. The van der Waals surface area contributed by atoms with Gasteiger partial charge in [0.05, 0.1) is 18.5 Å². The van der Waals surface area contributed by atoms with Crippen molar-refractivity contribution >= 4 is 17.9 Å². The highest BCUT2D eigenvalue weighted by atomic mass is 16.7. The standard InChI is InChI=1S/C28H45N3O6/c1-7-35-27(36-8-2)25(20(5)6)31(26(33)24(29)19(3)4)28(34)30-16-12-15-22(30)17-23(32)37-18-21-13-10-9-11-14-21/h9-11,13-14,19-20,22,24-25,27H,7-8,12,15-18,29H2,1-6H3/t22?,24-,25-/m0/s1. The zero-order valence-corrected chi connectivity index (χ0v) is 23.2. The summed E-state index contributed by atoms with van der Waals surface area (Å²) < 4.78 is 17.2. The lowest BCUT2D eigenvalue weighted by Gasteiger charge is -2.41. The van der Waals surface area contributed by atoms with Crippen molar-refractivity contribution in [3.63, 3.8) is 0 Å². The van der Waals surface area contributed by atoms with E-state index in [-0.39, 0.29) is 36.9 Å². The molecule has 2 N–H and O–H groups in total. The molecule has 1 aliphatic heterocycles. The van der Waals surface area contributed by atoms with E-state index in [1.54, 1.807) is 4.90 Å². The van der Waals surface area contributed by atoms with E-state index in [9.17, 15) is 14.4 Å². The van der Waals surface area contributed by atoms with E-state index < -0.39 is 30.3 Å². The first-order valence-corrected chi connectivity index (χ1v) is 13.4. The highest BCUT2D eigenvalue weighted by molar-refractivity contribution is 5.98. The smallest absolute Gasteiger partial charge is 0.327 e. The van der Waals surface area contributed by atoms with Crippen molar-refractivity contribution in [2.45, 2.75) is 91.8 Å². The molecule has 2 rings (SSSR count). The van der Waals surface area contributed by atoms with Gasteiger partial charge in [-0.15, -0.1) is 0 Å². The Hall–Kier alpha value is -2.49. The quantitative estimate of drug-likeness (QED) is 0.310. The van der Waals surface area contributed by atoms with E-state index in [1.807, 2.05) is 71.9 Å². The molecule has 1 aromatic rings. The summed E-state index contributed by atoms with van der Waals surface area (Å²) in [6.45, 7) is 12.6. The molecule has 9 heteroatoms. The number of hydrogen-bond acceptors (Lipinski definition) is 7. The lowest BCUT2D eigenvalue weighted by Crippen LogP contribution is -2.62. The van der Waals surface area contributed by atoms with Crippen LogP contribution in [0.25, 0.3) is 0 Å². The average molecular weight is 520 g/mol. The molecular formula is C28H45N3O6. The minimum atomic E-state index is -0.869. The molecule has 9 nitrogen and oxygen atoms in total. The Bertz CT molecular complexity index is 857. The monoisotopic (exact) mass is 519 g/mol. The maximum atomic E-state index is 14.1. The number of likely N-dealkylation sites (tertiary alicyclic amines) is 1. The van der Waals surface area contributed by atoms with Crippen molar-refractivity contribution in [1.29, 1.82) is 0 Å². The van der Waals surface area contributed by atoms with Crippen LogP contribution in [-0.2, 0) is 30.4 Å². The molecule has 3 amide bonds. The van der Waals surface area contributed by atoms with Crippen LogP contribution in [0.4, 0.5) is 4.79 Å². The second-order valence-corrected chi connectivity index (χ2v) is 10.1. The summed E-state index contributed by atoms with van der Waals surface area (Å²) in [7, 11) is 0. The summed E-state index contributed by atoms with van der Waals surface area (Å²) in [5.41, 5.74) is 7.17. The number of nitrogens with two attached hydrogens (primary N) is 1. The highest BCUT2D eigenvalue weighted by Gasteiger charge is 2.44. The molecule has 0 bridgehead atoms. The summed E-state index contributed by atoms with van der Waals surface area (Å²) in [6, 6.07) is 7.06. The van der Waals surface area contributed by atoms with Crippen LogP contribution in [0.15, 0.2) is 30.3 Å². The predicted molar refractivity (Wildman–Crippen MR) is 141 cm³/mol. The van der Waals surface area contributed by atoms with Gasteiger partial charge in [-0.3, -0.25) is 14.5 Å². The molecule has 1 saturated heterocycles. The minimum Gasteiger partial charge on any atom is -0.461 e. The average Bonchev–Trinajstić information content (AvgIpc) is 3.33. The van der Waals surface area contributed by atoms with Gasteiger partial charge in [0.25, 0.3) is 0 Å². The summed E-state index contributed by atoms with van der Waals surface area (Å²) in [6.07, 6.45) is 0.646. The molecule has 208 valence electrons. The van der Waals surface area contributed by atoms with Crippen LogP contribution >= 0.6 is 0 Å². The second-order valence-electron chi connectivity index (χ2n) is 10.1. The Morgan fingerprint density at radius 2 is 1.65 bits per heavy atom. The van der Waals surface area contributed by atoms with Gasteiger partial charge < -0.3 is 24.8 Å². The maximum Gasteiger partial charge on any atom is 0.327 e. The van der Waals surface area contributed by atoms with Gasteiger partial charge in [0, 0.05) is 25.8 Å². The zero-order chi connectivity index (χ0) is 27.5. The number of amides is 3. The van der Waals surface area contributed by atoms with Crippen molar-refractivity contribution in [3.8, 4) is 0 Å². The molecule has 3 atom stereocenters. The number of benzene rings is 1. The normalized spacial score (nSPS) is 17.4. The van der Waals surface area contributed by atoms with Crippen LogP contribution in [0.2, 0.25) is 0 Å². The van der Waals surface area contributed by atoms with Crippen LogP contribution in [0.3, 0.4) is 0 Å². The zero-order valence-electron chi connectivity index (χ0n) is 23.2. The van der Waals surface area contributed by atoms with Gasteiger partial charge in [-0.1, -0.05) is 58.0 Å². The first-order valence-electron chi connectivity index (χ1n) is 13.4. The number of carbonyl (C=O) groups excluding carboxylic acids is 3. The van der Waals surface area contributed by atoms with E-state index in [2.05, 4.69) is 0 Å². The fourth-order valence-electron chi connectivity index (χ4n) is 4.55. The minimum absolute atomic E-state index is 0.0591. The van der Waals surface area contributed by atoms with Gasteiger partial charge in [0.2, 0.25) is 5.91 Å². The third kappa shape index (κ3) is 8.51. The fourth-order valence-corrected chi connectivity index (χ4v) is 4.55. The summed E-state index contributed by atoms with van der Waals surface area (Å²) in [5.74, 6) is -1.18. The number of urea groups is 1. The van der Waals surface area contributed by atoms with Crippen LogP contribution in [0, 0.1) is 11.8 Å². The highest BCUT2D eigenvalue weighted by Crippen LogP contribution is 2.27. The van der Waals surface area contributed by atoms with Crippen LogP contribution in [0.5, 0.6) is 0 Å². The molecule has 1 unspecified atom stereocenters. The number of esters is 1. The van der Waals surface area contributed by atoms with Gasteiger partial charge in [0.15, 0.2) is 6.29 Å². The Balaban J connectivity index is 2.28. The largest absolute Gasteiger partial charge is 0.461 e. The molecule has 1 heterocycles. The number of imide groups is 1. The molecule has 1 aliphatic rings. The third-order valence-corrected chi connectivity index (χ3v) is 6.64. The van der Waals surface area contributed by atoms with Crippen molar-refractivity contribution in [1.82, 2.24) is 9.80 Å². The molecule has 0 spiro atoms. The fraction of sp³-hybridized carbons (Fsp3) is 0.679. The maximum absolute atomic E-state index is 14.1. The first kappa shape index (κ1) is 30.7. The van der Waals surface area contributed by atoms with E-state index in [4.69, 9.17) is 19.9 Å². The Morgan fingerprint density at radius 3 is 2.19 bits per heavy atom. The first-order chi connectivity index (χ1) is 17.6. The predicted octanol–water partition coefficient (Wildman–Crippen LogP) is 3.94. The SMILES string of the molecule is CCOC(OCC)[C@H](C(C)C)N(C(=O)[C@@H](N)C(C)C)C(=O)N1CCCC1CC(=O)OCc1ccccc1.